The molecule has 1 heterocycles. The summed E-state index contributed by atoms with van der Waals surface area (Å²) in [6, 6.07) is 9.00. The molecule has 0 saturated heterocycles. The number of nitrogens with one attached hydrogen (secondary N) is 2. The first-order chi connectivity index (χ1) is 14.3. The molecule has 1 aromatic carbocycles. The fraction of sp³-hybridized carbons (Fsp3) is 0.316. The molecule has 3 amide bonds. The van der Waals surface area contributed by atoms with Crippen LogP contribution in [0.2, 0.25) is 0 Å². The number of rotatable bonds is 9. The van der Waals surface area contributed by atoms with Gasteiger partial charge < -0.3 is 10.1 Å². The van der Waals surface area contributed by atoms with E-state index in [-0.39, 0.29) is 10.6 Å². The standard InChI is InChI=1S/C19H24N4O5S2/c1-4-23(5-2)30(26,27)16-10-11-18(20-12-16)29-13-17(24)22-19(25)21-14-6-8-15(28-3)9-7-14/h6-12H,4-5,13H2,1-3H3,(H2,21,22,24,25). The lowest BCUT2D eigenvalue weighted by molar-refractivity contribution is -0.117. The monoisotopic (exact) mass is 452 g/mol. The summed E-state index contributed by atoms with van der Waals surface area (Å²) >= 11 is 1.09. The molecule has 0 atom stereocenters. The molecule has 0 bridgehead atoms. The van der Waals surface area contributed by atoms with Gasteiger partial charge in [-0.2, -0.15) is 4.31 Å². The van der Waals surface area contributed by atoms with Gasteiger partial charge in [0.25, 0.3) is 0 Å². The Balaban J connectivity index is 1.86. The minimum absolute atomic E-state index is 0.0504. The van der Waals surface area contributed by atoms with Gasteiger partial charge in [-0.15, -0.1) is 0 Å². The van der Waals surface area contributed by atoms with Crippen LogP contribution in [0.1, 0.15) is 13.8 Å². The number of ether oxygens (including phenoxy) is 1. The van der Waals surface area contributed by atoms with Crippen molar-refractivity contribution in [1.82, 2.24) is 14.6 Å². The normalized spacial score (nSPS) is 11.2. The number of amides is 3. The summed E-state index contributed by atoms with van der Waals surface area (Å²) in [6.07, 6.45) is 1.27. The Morgan fingerprint density at radius 3 is 2.30 bits per heavy atom. The van der Waals surface area contributed by atoms with E-state index >= 15 is 0 Å². The number of benzene rings is 1. The zero-order valence-electron chi connectivity index (χ0n) is 16.9. The van der Waals surface area contributed by atoms with E-state index < -0.39 is 22.0 Å². The van der Waals surface area contributed by atoms with E-state index in [2.05, 4.69) is 15.6 Å². The number of urea groups is 1. The fourth-order valence-corrected chi connectivity index (χ4v) is 4.50. The predicted molar refractivity (Wildman–Crippen MR) is 115 cm³/mol. The first kappa shape index (κ1) is 23.6. The van der Waals surface area contributed by atoms with Gasteiger partial charge in [-0.25, -0.2) is 18.2 Å². The molecular weight excluding hydrogens is 428 g/mol. The summed E-state index contributed by atoms with van der Waals surface area (Å²) in [6.45, 7) is 4.27. The largest absolute Gasteiger partial charge is 0.497 e. The number of hydrogen-bond acceptors (Lipinski definition) is 7. The van der Waals surface area contributed by atoms with E-state index in [4.69, 9.17) is 4.74 Å². The molecule has 162 valence electrons. The van der Waals surface area contributed by atoms with E-state index in [1.165, 1.54) is 29.7 Å². The molecule has 0 aliphatic rings. The highest BCUT2D eigenvalue weighted by Gasteiger charge is 2.21. The number of anilines is 1. The van der Waals surface area contributed by atoms with Crippen LogP contribution in [0, 0.1) is 0 Å². The van der Waals surface area contributed by atoms with Crippen LogP contribution in [-0.2, 0) is 14.8 Å². The Morgan fingerprint density at radius 2 is 1.77 bits per heavy atom. The summed E-state index contributed by atoms with van der Waals surface area (Å²) in [7, 11) is -2.04. The maximum atomic E-state index is 12.4. The van der Waals surface area contributed by atoms with Crippen LogP contribution in [0.25, 0.3) is 0 Å². The molecular formula is C19H24N4O5S2. The molecule has 0 aliphatic carbocycles. The average Bonchev–Trinajstić information content (AvgIpc) is 2.73. The molecule has 2 N–H and O–H groups in total. The average molecular weight is 453 g/mol. The zero-order valence-corrected chi connectivity index (χ0v) is 18.5. The second kappa shape index (κ2) is 11.0. The number of methoxy groups -OCH3 is 1. The van der Waals surface area contributed by atoms with Gasteiger partial charge >= 0.3 is 6.03 Å². The molecule has 2 rings (SSSR count). The van der Waals surface area contributed by atoms with Crippen LogP contribution in [-0.4, -0.2) is 55.6 Å². The number of thioether (sulfide) groups is 1. The molecule has 0 spiro atoms. The second-order valence-corrected chi connectivity index (χ2v) is 8.87. The number of nitrogens with zero attached hydrogens (tertiary/aromatic N) is 2. The quantitative estimate of drug-likeness (QED) is 0.562. The SMILES string of the molecule is CCN(CC)S(=O)(=O)c1ccc(SCC(=O)NC(=O)Nc2ccc(OC)cc2)nc1. The van der Waals surface area contributed by atoms with E-state index in [0.29, 0.717) is 29.6 Å². The van der Waals surface area contributed by atoms with Gasteiger partial charge in [0.15, 0.2) is 0 Å². The van der Waals surface area contributed by atoms with Crippen molar-refractivity contribution in [3.63, 3.8) is 0 Å². The van der Waals surface area contributed by atoms with Crippen molar-refractivity contribution in [2.24, 2.45) is 0 Å². The first-order valence-electron chi connectivity index (χ1n) is 9.14. The second-order valence-electron chi connectivity index (χ2n) is 5.94. The van der Waals surface area contributed by atoms with E-state index in [1.54, 1.807) is 38.1 Å². The first-order valence-corrected chi connectivity index (χ1v) is 11.6. The van der Waals surface area contributed by atoms with Crippen molar-refractivity contribution in [3.05, 3.63) is 42.6 Å². The lowest BCUT2D eigenvalue weighted by Gasteiger charge is -2.18. The molecule has 0 unspecified atom stereocenters. The van der Waals surface area contributed by atoms with Gasteiger partial charge in [0.2, 0.25) is 15.9 Å². The van der Waals surface area contributed by atoms with Gasteiger partial charge in [-0.05, 0) is 36.4 Å². The minimum atomic E-state index is -3.58. The number of carbonyl (C=O) groups is 2. The van der Waals surface area contributed by atoms with Gasteiger partial charge in [-0.3, -0.25) is 10.1 Å². The highest BCUT2D eigenvalue weighted by Crippen LogP contribution is 2.19. The summed E-state index contributed by atoms with van der Waals surface area (Å²) in [4.78, 5) is 28.1. The number of sulfonamides is 1. The minimum Gasteiger partial charge on any atom is -0.497 e. The molecule has 0 aliphatic heterocycles. The molecule has 2 aromatic rings. The third-order valence-electron chi connectivity index (χ3n) is 4.00. The molecule has 0 saturated carbocycles. The fourth-order valence-electron chi connectivity index (χ4n) is 2.46. The molecule has 9 nitrogen and oxygen atoms in total. The number of aromatic nitrogens is 1. The van der Waals surface area contributed by atoms with Crippen molar-refractivity contribution in [2.75, 3.05) is 31.3 Å². The van der Waals surface area contributed by atoms with Crippen LogP contribution in [0.4, 0.5) is 10.5 Å². The Hall–Kier alpha value is -2.63. The third-order valence-corrected chi connectivity index (χ3v) is 6.98. The Labute approximate surface area is 180 Å². The number of pyridine rings is 1. The smallest absolute Gasteiger partial charge is 0.325 e. The van der Waals surface area contributed by atoms with Gasteiger partial charge in [-0.1, -0.05) is 25.6 Å². The van der Waals surface area contributed by atoms with Crippen molar-refractivity contribution in [2.45, 2.75) is 23.8 Å². The summed E-state index contributed by atoms with van der Waals surface area (Å²) in [5.41, 5.74) is 0.514. The Bertz CT molecular complexity index is 959. The van der Waals surface area contributed by atoms with Crippen molar-refractivity contribution < 1.29 is 22.7 Å². The van der Waals surface area contributed by atoms with Crippen molar-refractivity contribution in [1.29, 1.82) is 0 Å². The molecule has 0 fully saturated rings. The maximum absolute atomic E-state index is 12.4. The number of carbonyl (C=O) groups excluding carboxylic acids is 2. The molecule has 11 heteroatoms. The zero-order chi connectivity index (χ0) is 22.1. The van der Waals surface area contributed by atoms with Crippen LogP contribution in [0.3, 0.4) is 0 Å². The van der Waals surface area contributed by atoms with Crippen LogP contribution >= 0.6 is 11.8 Å². The third kappa shape index (κ3) is 6.44. The highest BCUT2D eigenvalue weighted by atomic mass is 32.2. The predicted octanol–water partition coefficient (Wildman–Crippen LogP) is 2.56. The molecule has 0 radical (unpaired) electrons. The maximum Gasteiger partial charge on any atom is 0.325 e. The topological polar surface area (TPSA) is 118 Å². The Morgan fingerprint density at radius 1 is 1.10 bits per heavy atom. The van der Waals surface area contributed by atoms with E-state index in [1.807, 2.05) is 0 Å². The summed E-state index contributed by atoms with van der Waals surface area (Å²) < 4.78 is 31.3. The summed E-state index contributed by atoms with van der Waals surface area (Å²) in [5, 5.41) is 5.24. The molecule has 1 aromatic heterocycles. The van der Waals surface area contributed by atoms with E-state index in [0.717, 1.165) is 11.8 Å². The lowest BCUT2D eigenvalue weighted by atomic mass is 10.3. The van der Waals surface area contributed by atoms with Crippen LogP contribution in [0.15, 0.2) is 52.5 Å². The highest BCUT2D eigenvalue weighted by molar-refractivity contribution is 7.99. The van der Waals surface area contributed by atoms with Gasteiger partial charge in [0, 0.05) is 25.0 Å². The number of imide groups is 1. The van der Waals surface area contributed by atoms with Crippen molar-refractivity contribution in [3.8, 4) is 5.75 Å². The summed E-state index contributed by atoms with van der Waals surface area (Å²) in [5.74, 6) is 0.0926. The Kier molecular flexibility index (Phi) is 8.63. The van der Waals surface area contributed by atoms with Crippen LogP contribution in [0.5, 0.6) is 5.75 Å². The van der Waals surface area contributed by atoms with Gasteiger partial charge in [0.1, 0.15) is 10.6 Å². The number of hydrogen-bond donors (Lipinski definition) is 2. The molecule has 30 heavy (non-hydrogen) atoms. The van der Waals surface area contributed by atoms with Gasteiger partial charge in [0.05, 0.1) is 17.9 Å². The van der Waals surface area contributed by atoms with Crippen LogP contribution < -0.4 is 15.4 Å². The lowest BCUT2D eigenvalue weighted by Crippen LogP contribution is -2.35. The van der Waals surface area contributed by atoms with Crippen molar-refractivity contribution >= 4 is 39.4 Å². The van der Waals surface area contributed by atoms with E-state index in [9.17, 15) is 18.0 Å².